The lowest BCUT2D eigenvalue weighted by Gasteiger charge is -2.24. The van der Waals surface area contributed by atoms with Gasteiger partial charge in [0.2, 0.25) is 11.5 Å². The molecule has 0 fully saturated rings. The summed E-state index contributed by atoms with van der Waals surface area (Å²) in [6.45, 7) is 4.88. The van der Waals surface area contributed by atoms with Crippen LogP contribution in [0.4, 0.5) is 11.4 Å². The highest BCUT2D eigenvalue weighted by atomic mass is 33.1. The van der Waals surface area contributed by atoms with Gasteiger partial charge in [0, 0.05) is 91.1 Å². The van der Waals surface area contributed by atoms with Crippen LogP contribution < -0.4 is 32.1 Å². The molecule has 2 heterocycles. The standard InChI is InChI=1S/C37H45N7O6S2/c45-19-21-50-20-17-41-30-10-9-29(33-34(30)36(49)28-5-2-1-4-27(28)35(33)48)40-16-15-38-18-23-52-51-22-12-31(46)42-14-3-13-39-24-26-8-6-25-7-11-32(47)44-37(25)43-26/h1-2,4-11,38-41,45H,3,12-24H2,(H,42,46)(H,43,44,47). The zero-order chi connectivity index (χ0) is 36.5. The molecule has 276 valence electrons. The summed E-state index contributed by atoms with van der Waals surface area (Å²) < 4.78 is 5.33. The number of carbonyl (C=O) groups excluding carboxylic acids is 3. The molecule has 2 aromatic heterocycles. The summed E-state index contributed by atoms with van der Waals surface area (Å²) in [7, 11) is 3.39. The lowest BCUT2D eigenvalue weighted by Crippen LogP contribution is -2.27. The molecule has 13 nitrogen and oxygen atoms in total. The molecule has 52 heavy (non-hydrogen) atoms. The van der Waals surface area contributed by atoms with Crippen LogP contribution in [-0.4, -0.2) is 103 Å². The van der Waals surface area contributed by atoms with E-state index < -0.39 is 0 Å². The molecular formula is C37H45N7O6S2. The number of nitrogens with one attached hydrogen (secondary N) is 6. The highest BCUT2D eigenvalue weighted by molar-refractivity contribution is 8.76. The number of nitrogens with zero attached hydrogens (tertiary/aromatic N) is 1. The second-order valence-corrected chi connectivity index (χ2v) is 14.6. The first kappa shape index (κ1) is 39.0. The van der Waals surface area contributed by atoms with Gasteiger partial charge in [-0.15, -0.1) is 0 Å². The van der Waals surface area contributed by atoms with Crippen LogP contribution in [-0.2, 0) is 16.1 Å². The van der Waals surface area contributed by atoms with Crippen LogP contribution in [0.3, 0.4) is 0 Å². The number of hydrogen-bond donors (Lipinski definition) is 7. The number of rotatable bonds is 23. The summed E-state index contributed by atoms with van der Waals surface area (Å²) in [6.07, 6.45) is 1.26. The molecule has 1 aliphatic carbocycles. The van der Waals surface area contributed by atoms with Crippen LogP contribution >= 0.6 is 21.6 Å². The van der Waals surface area contributed by atoms with E-state index in [1.807, 2.05) is 24.3 Å². The average Bonchev–Trinajstić information content (AvgIpc) is 3.15. The first-order chi connectivity index (χ1) is 25.5. The number of ketones is 2. The van der Waals surface area contributed by atoms with Crippen molar-refractivity contribution in [2.75, 3.05) is 81.2 Å². The molecule has 4 aromatic rings. The number of hydrogen-bond acceptors (Lipinski definition) is 13. The van der Waals surface area contributed by atoms with Gasteiger partial charge in [0.15, 0.2) is 11.6 Å². The Hall–Kier alpha value is -4.25. The summed E-state index contributed by atoms with van der Waals surface area (Å²) in [6, 6.07) is 17.6. The Bertz CT molecular complexity index is 1890. The zero-order valence-corrected chi connectivity index (χ0v) is 30.6. The highest BCUT2D eigenvalue weighted by Gasteiger charge is 2.33. The van der Waals surface area contributed by atoms with E-state index in [4.69, 9.17) is 9.84 Å². The lowest BCUT2D eigenvalue weighted by molar-refractivity contribution is -0.120. The summed E-state index contributed by atoms with van der Waals surface area (Å²) in [5, 5.41) is 26.1. The Labute approximate surface area is 310 Å². The minimum absolute atomic E-state index is 0.0409. The van der Waals surface area contributed by atoms with Gasteiger partial charge in [-0.1, -0.05) is 45.9 Å². The summed E-state index contributed by atoms with van der Waals surface area (Å²) in [5.74, 6) is 1.26. The highest BCUT2D eigenvalue weighted by Crippen LogP contribution is 2.36. The average molecular weight is 748 g/mol. The molecule has 15 heteroatoms. The Balaban J connectivity index is 0.928. The predicted octanol–water partition coefficient (Wildman–Crippen LogP) is 3.19. The van der Waals surface area contributed by atoms with Crippen LogP contribution in [0.1, 0.15) is 50.4 Å². The van der Waals surface area contributed by atoms with E-state index in [1.165, 1.54) is 6.07 Å². The zero-order valence-electron chi connectivity index (χ0n) is 28.9. The van der Waals surface area contributed by atoms with Gasteiger partial charge >= 0.3 is 0 Å². The van der Waals surface area contributed by atoms with Crippen molar-refractivity contribution in [2.24, 2.45) is 0 Å². The van der Waals surface area contributed by atoms with Crippen LogP contribution in [0.5, 0.6) is 0 Å². The molecule has 0 spiro atoms. The number of amides is 1. The lowest BCUT2D eigenvalue weighted by atomic mass is 9.82. The number of H-pyrrole nitrogens is 1. The number of carbonyl (C=O) groups is 3. The molecule has 0 aliphatic heterocycles. The van der Waals surface area contributed by atoms with Crippen molar-refractivity contribution in [2.45, 2.75) is 19.4 Å². The minimum Gasteiger partial charge on any atom is -0.394 e. The maximum absolute atomic E-state index is 13.6. The fraction of sp³-hybridized carbons (Fsp3) is 0.378. The topological polar surface area (TPSA) is 187 Å². The number of aromatic nitrogens is 2. The van der Waals surface area contributed by atoms with Crippen LogP contribution in [0, 0.1) is 0 Å². The van der Waals surface area contributed by atoms with Gasteiger partial charge in [-0.25, -0.2) is 4.98 Å². The van der Waals surface area contributed by atoms with Crippen molar-refractivity contribution in [3.63, 3.8) is 0 Å². The third kappa shape index (κ3) is 11.1. The Morgan fingerprint density at radius 3 is 2.21 bits per heavy atom. The molecule has 2 aromatic carbocycles. The largest absolute Gasteiger partial charge is 0.394 e. The third-order valence-corrected chi connectivity index (χ3v) is 10.6. The van der Waals surface area contributed by atoms with Gasteiger partial charge in [0.05, 0.1) is 36.6 Å². The van der Waals surface area contributed by atoms with E-state index in [-0.39, 0.29) is 36.2 Å². The first-order valence-electron chi connectivity index (χ1n) is 17.4. The molecule has 0 saturated carbocycles. The van der Waals surface area contributed by atoms with Crippen molar-refractivity contribution in [1.29, 1.82) is 0 Å². The van der Waals surface area contributed by atoms with E-state index in [1.54, 1.807) is 51.9 Å². The number of fused-ring (bicyclic) bond motifs is 3. The molecule has 1 amide bonds. The molecular weight excluding hydrogens is 703 g/mol. The Morgan fingerprint density at radius 1 is 0.750 bits per heavy atom. The molecule has 0 radical (unpaired) electrons. The van der Waals surface area contributed by atoms with E-state index in [0.29, 0.717) is 85.0 Å². The van der Waals surface area contributed by atoms with Gasteiger partial charge in [0.25, 0.3) is 0 Å². The second-order valence-electron chi connectivity index (χ2n) is 11.9. The number of ether oxygens (including phenoxy) is 1. The summed E-state index contributed by atoms with van der Waals surface area (Å²) >= 11 is 0. The molecule has 0 saturated heterocycles. The third-order valence-electron chi connectivity index (χ3n) is 8.15. The summed E-state index contributed by atoms with van der Waals surface area (Å²) in [4.78, 5) is 58.1. The SMILES string of the molecule is O=C(CCSSCCNCCNc1ccc(NCCOCCO)c2c1C(=O)c1ccccc1C2=O)NCCCNCc1ccc2ccc(=O)[nH]c2n1. The fourth-order valence-corrected chi connectivity index (χ4v) is 7.57. The van der Waals surface area contributed by atoms with E-state index in [0.717, 1.165) is 42.1 Å². The number of pyridine rings is 2. The molecule has 0 bridgehead atoms. The second kappa shape index (κ2) is 20.7. The quantitative estimate of drug-likeness (QED) is 0.0382. The van der Waals surface area contributed by atoms with Crippen molar-refractivity contribution in [1.82, 2.24) is 25.9 Å². The molecule has 1 aliphatic rings. The predicted molar refractivity (Wildman–Crippen MR) is 209 cm³/mol. The van der Waals surface area contributed by atoms with Crippen molar-refractivity contribution < 1.29 is 24.2 Å². The number of anilines is 2. The maximum Gasteiger partial charge on any atom is 0.249 e. The van der Waals surface area contributed by atoms with Gasteiger partial charge in [0.1, 0.15) is 5.65 Å². The molecule has 5 rings (SSSR count). The monoisotopic (exact) mass is 747 g/mol. The Kier molecular flexibility index (Phi) is 15.5. The van der Waals surface area contributed by atoms with Gasteiger partial charge in [-0.2, -0.15) is 0 Å². The number of aliphatic hydroxyl groups excluding tert-OH is 1. The minimum atomic E-state index is -0.196. The number of aromatic amines is 1. The van der Waals surface area contributed by atoms with E-state index >= 15 is 0 Å². The van der Waals surface area contributed by atoms with E-state index in [2.05, 4.69) is 36.6 Å². The van der Waals surface area contributed by atoms with Gasteiger partial charge in [-0.3, -0.25) is 19.2 Å². The number of benzene rings is 2. The Morgan fingerprint density at radius 2 is 1.46 bits per heavy atom. The first-order valence-corrected chi connectivity index (χ1v) is 19.9. The van der Waals surface area contributed by atoms with Crippen molar-refractivity contribution in [3.8, 4) is 0 Å². The van der Waals surface area contributed by atoms with E-state index in [9.17, 15) is 19.2 Å². The maximum atomic E-state index is 13.6. The van der Waals surface area contributed by atoms with Crippen molar-refractivity contribution >= 4 is 61.5 Å². The van der Waals surface area contributed by atoms with Gasteiger partial charge < -0.3 is 41.4 Å². The number of aliphatic hydroxyl groups is 1. The van der Waals surface area contributed by atoms with Crippen LogP contribution in [0.15, 0.2) is 65.5 Å². The summed E-state index contributed by atoms with van der Waals surface area (Å²) in [5.41, 5.74) is 3.96. The van der Waals surface area contributed by atoms with Gasteiger partial charge in [-0.05, 0) is 43.3 Å². The fourth-order valence-electron chi connectivity index (χ4n) is 5.63. The molecule has 7 N–H and O–H groups in total. The molecule has 0 atom stereocenters. The van der Waals surface area contributed by atoms with Crippen LogP contribution in [0.25, 0.3) is 11.0 Å². The smallest absolute Gasteiger partial charge is 0.249 e. The van der Waals surface area contributed by atoms with Crippen molar-refractivity contribution in [3.05, 3.63) is 99.0 Å². The van der Waals surface area contributed by atoms with Crippen LogP contribution in [0.2, 0.25) is 0 Å². The molecule has 0 unspecified atom stereocenters. The normalized spacial score (nSPS) is 12.1.